The van der Waals surface area contributed by atoms with Gasteiger partial charge in [0.25, 0.3) is 0 Å². The van der Waals surface area contributed by atoms with E-state index in [1.165, 1.54) is 5.56 Å². The Hall–Kier alpha value is -2.11. The summed E-state index contributed by atoms with van der Waals surface area (Å²) in [6, 6.07) is 10.3. The summed E-state index contributed by atoms with van der Waals surface area (Å²) < 4.78 is 0. The van der Waals surface area contributed by atoms with Crippen LogP contribution in [0.15, 0.2) is 36.5 Å². The molecule has 2 heterocycles. The van der Waals surface area contributed by atoms with Crippen molar-refractivity contribution >= 4 is 24.3 Å². The number of hydrogen-bond acceptors (Lipinski definition) is 3. The third kappa shape index (κ3) is 3.05. The van der Waals surface area contributed by atoms with Crippen LogP contribution in [0.2, 0.25) is 0 Å². The average molecular weight is 319 g/mol. The smallest absolute Gasteiger partial charge is 0.323 e. The van der Waals surface area contributed by atoms with E-state index < -0.39 is 0 Å². The lowest BCUT2D eigenvalue weighted by atomic mass is 9.98. The van der Waals surface area contributed by atoms with Gasteiger partial charge in [0.2, 0.25) is 0 Å². The third-order valence-electron chi connectivity index (χ3n) is 3.67. The fourth-order valence-electron chi connectivity index (χ4n) is 2.54. The minimum atomic E-state index is -0.114. The number of aromatic nitrogens is 1. The minimum absolute atomic E-state index is 0. The summed E-state index contributed by atoms with van der Waals surface area (Å²) in [5, 5.41) is 5.96. The molecular weight excluding hydrogens is 300 g/mol. The van der Waals surface area contributed by atoms with E-state index in [9.17, 15) is 4.79 Å². The van der Waals surface area contributed by atoms with Crippen molar-refractivity contribution in [3.63, 3.8) is 0 Å². The topological polar surface area (TPSA) is 57.3 Å². The molecular formula is C16H19ClN4O. The number of anilines is 1. The van der Waals surface area contributed by atoms with Gasteiger partial charge in [-0.2, -0.15) is 0 Å². The second-order valence-electron chi connectivity index (χ2n) is 5.20. The lowest BCUT2D eigenvalue weighted by Crippen LogP contribution is -2.36. The van der Waals surface area contributed by atoms with Gasteiger partial charge >= 0.3 is 6.03 Å². The molecule has 0 fully saturated rings. The summed E-state index contributed by atoms with van der Waals surface area (Å²) in [4.78, 5) is 17.6. The van der Waals surface area contributed by atoms with Crippen LogP contribution in [0.4, 0.5) is 10.6 Å². The Kier molecular flexibility index (Phi) is 5.00. The second-order valence-corrected chi connectivity index (χ2v) is 5.20. The number of amides is 2. The van der Waals surface area contributed by atoms with E-state index in [0.29, 0.717) is 12.4 Å². The highest BCUT2D eigenvalue weighted by Gasteiger charge is 2.23. The van der Waals surface area contributed by atoms with Gasteiger partial charge in [0.1, 0.15) is 5.82 Å². The van der Waals surface area contributed by atoms with Crippen LogP contribution in [-0.2, 0) is 13.1 Å². The van der Waals surface area contributed by atoms with Crippen molar-refractivity contribution in [3.05, 3.63) is 47.7 Å². The van der Waals surface area contributed by atoms with E-state index in [1.54, 1.807) is 18.1 Å². The van der Waals surface area contributed by atoms with Crippen LogP contribution < -0.4 is 10.6 Å². The molecule has 6 heteroatoms. The quantitative estimate of drug-likeness (QED) is 0.915. The minimum Gasteiger partial charge on any atom is -0.323 e. The first-order valence-electron chi connectivity index (χ1n) is 6.93. The number of carbonyl (C=O) groups is 1. The molecule has 0 spiro atoms. The zero-order chi connectivity index (χ0) is 14.8. The molecule has 1 aliphatic heterocycles. The number of halogens is 1. The van der Waals surface area contributed by atoms with Crippen LogP contribution in [0.5, 0.6) is 0 Å². The predicted octanol–water partition coefficient (Wildman–Crippen LogP) is 2.87. The first-order chi connectivity index (χ1) is 10.2. The van der Waals surface area contributed by atoms with Crippen LogP contribution in [0, 0.1) is 0 Å². The van der Waals surface area contributed by atoms with Gasteiger partial charge in [-0.1, -0.05) is 24.3 Å². The summed E-state index contributed by atoms with van der Waals surface area (Å²) in [6.45, 7) is 1.43. The van der Waals surface area contributed by atoms with Crippen molar-refractivity contribution < 1.29 is 4.79 Å². The second kappa shape index (κ2) is 6.77. The standard InChI is InChI=1S/C16H18N4O.ClH/c1-17-9-11-3-5-12(6-4-11)13-7-8-18-15-14(13)10-20(2)16(21)19-15;/h3-8,17H,9-10H2,1-2H3,(H,18,19,21);1H. The number of nitrogens with zero attached hydrogens (tertiary/aromatic N) is 2. The maximum atomic E-state index is 11.7. The number of hydrogen-bond donors (Lipinski definition) is 2. The third-order valence-corrected chi connectivity index (χ3v) is 3.67. The molecule has 0 bridgehead atoms. The predicted molar refractivity (Wildman–Crippen MR) is 90.2 cm³/mol. The van der Waals surface area contributed by atoms with Gasteiger partial charge in [0.15, 0.2) is 0 Å². The number of rotatable bonds is 3. The molecule has 22 heavy (non-hydrogen) atoms. The molecule has 2 aromatic rings. The fraction of sp³-hybridized carbons (Fsp3) is 0.250. The molecule has 1 aromatic heterocycles. The number of urea groups is 1. The first kappa shape index (κ1) is 16.3. The molecule has 0 aliphatic carbocycles. The summed E-state index contributed by atoms with van der Waals surface area (Å²) in [6.07, 6.45) is 1.74. The Balaban J connectivity index is 0.00000176. The number of nitrogens with one attached hydrogen (secondary N) is 2. The van der Waals surface area contributed by atoms with Crippen molar-refractivity contribution in [2.24, 2.45) is 0 Å². The van der Waals surface area contributed by atoms with Gasteiger partial charge < -0.3 is 10.2 Å². The van der Waals surface area contributed by atoms with E-state index in [2.05, 4.69) is 39.9 Å². The maximum Gasteiger partial charge on any atom is 0.323 e. The fourth-order valence-corrected chi connectivity index (χ4v) is 2.54. The Morgan fingerprint density at radius 2 is 2.00 bits per heavy atom. The van der Waals surface area contributed by atoms with E-state index in [4.69, 9.17) is 0 Å². The van der Waals surface area contributed by atoms with E-state index in [0.717, 1.165) is 23.2 Å². The number of pyridine rings is 1. The van der Waals surface area contributed by atoms with Crippen molar-refractivity contribution in [2.75, 3.05) is 19.4 Å². The lowest BCUT2D eigenvalue weighted by Gasteiger charge is -2.26. The van der Waals surface area contributed by atoms with Gasteiger partial charge in [-0.25, -0.2) is 9.78 Å². The highest BCUT2D eigenvalue weighted by molar-refractivity contribution is 5.92. The summed E-state index contributed by atoms with van der Waals surface area (Å²) in [5.41, 5.74) is 4.55. The molecule has 116 valence electrons. The highest BCUT2D eigenvalue weighted by atomic mass is 35.5. The average Bonchev–Trinajstić information content (AvgIpc) is 2.49. The van der Waals surface area contributed by atoms with Gasteiger partial charge in [0.05, 0.1) is 6.54 Å². The molecule has 0 saturated heterocycles. The molecule has 3 rings (SSSR count). The molecule has 2 N–H and O–H groups in total. The van der Waals surface area contributed by atoms with Crippen LogP contribution in [0.25, 0.3) is 11.1 Å². The maximum absolute atomic E-state index is 11.7. The number of fused-ring (bicyclic) bond motifs is 1. The van der Waals surface area contributed by atoms with Crippen LogP contribution in [-0.4, -0.2) is 30.0 Å². The SMILES string of the molecule is CNCc1ccc(-c2ccnc3c2CN(C)C(=O)N3)cc1.Cl. The van der Waals surface area contributed by atoms with E-state index in [1.807, 2.05) is 13.1 Å². The lowest BCUT2D eigenvalue weighted by molar-refractivity contribution is 0.218. The molecule has 1 aliphatic rings. The zero-order valence-electron chi connectivity index (χ0n) is 12.6. The van der Waals surface area contributed by atoms with Crippen LogP contribution in [0.3, 0.4) is 0 Å². The molecule has 5 nitrogen and oxygen atoms in total. The molecule has 0 unspecified atom stereocenters. The van der Waals surface area contributed by atoms with Gasteiger partial charge in [0, 0.05) is 25.4 Å². The van der Waals surface area contributed by atoms with Crippen molar-refractivity contribution in [1.82, 2.24) is 15.2 Å². The number of benzene rings is 1. The summed E-state index contributed by atoms with van der Waals surface area (Å²) in [5.74, 6) is 0.662. The highest BCUT2D eigenvalue weighted by Crippen LogP contribution is 2.31. The monoisotopic (exact) mass is 318 g/mol. The van der Waals surface area contributed by atoms with Gasteiger partial charge in [-0.05, 0) is 29.8 Å². The van der Waals surface area contributed by atoms with Crippen molar-refractivity contribution in [1.29, 1.82) is 0 Å². The zero-order valence-corrected chi connectivity index (χ0v) is 13.4. The molecule has 0 saturated carbocycles. The van der Waals surface area contributed by atoms with E-state index in [-0.39, 0.29) is 18.4 Å². The Morgan fingerprint density at radius 1 is 1.27 bits per heavy atom. The van der Waals surface area contributed by atoms with Crippen molar-refractivity contribution in [3.8, 4) is 11.1 Å². The first-order valence-corrected chi connectivity index (χ1v) is 6.93. The Labute approximate surface area is 136 Å². The van der Waals surface area contributed by atoms with Crippen LogP contribution >= 0.6 is 12.4 Å². The molecule has 0 radical (unpaired) electrons. The number of carbonyl (C=O) groups excluding carboxylic acids is 1. The largest absolute Gasteiger partial charge is 0.323 e. The van der Waals surface area contributed by atoms with Gasteiger partial charge in [-0.3, -0.25) is 5.32 Å². The Morgan fingerprint density at radius 3 is 2.68 bits per heavy atom. The van der Waals surface area contributed by atoms with E-state index >= 15 is 0 Å². The molecule has 1 aromatic carbocycles. The summed E-state index contributed by atoms with van der Waals surface area (Å²) >= 11 is 0. The normalized spacial score (nSPS) is 13.2. The molecule has 0 atom stereocenters. The molecule has 2 amide bonds. The van der Waals surface area contributed by atoms with Crippen LogP contribution in [0.1, 0.15) is 11.1 Å². The summed E-state index contributed by atoms with van der Waals surface area (Å²) in [7, 11) is 3.72. The van der Waals surface area contributed by atoms with Crippen molar-refractivity contribution in [2.45, 2.75) is 13.1 Å². The van der Waals surface area contributed by atoms with Gasteiger partial charge in [-0.15, -0.1) is 12.4 Å². The Bertz CT molecular complexity index is 672.